The first-order chi connectivity index (χ1) is 11.6. The first-order valence-electron chi connectivity index (χ1n) is 8.26. The molecule has 1 aliphatic heterocycles. The molecule has 0 unspecified atom stereocenters. The summed E-state index contributed by atoms with van der Waals surface area (Å²) in [5.74, 6) is 1.29. The Morgan fingerprint density at radius 2 is 2.29 bits per heavy atom. The monoisotopic (exact) mass is 329 g/mol. The van der Waals surface area contributed by atoms with E-state index in [0.29, 0.717) is 25.6 Å². The van der Waals surface area contributed by atoms with E-state index in [0.717, 1.165) is 36.7 Å². The van der Waals surface area contributed by atoms with E-state index < -0.39 is 0 Å². The smallest absolute Gasteiger partial charge is 0.250 e. The van der Waals surface area contributed by atoms with Crippen molar-refractivity contribution in [3.05, 3.63) is 46.0 Å². The van der Waals surface area contributed by atoms with Gasteiger partial charge in [-0.05, 0) is 25.8 Å². The van der Waals surface area contributed by atoms with Crippen LogP contribution in [0.4, 0.5) is 11.8 Å². The minimum Gasteiger partial charge on any atom is -0.381 e. The summed E-state index contributed by atoms with van der Waals surface area (Å²) < 4.78 is 7.18. The largest absolute Gasteiger partial charge is 0.381 e. The molecule has 0 bridgehead atoms. The van der Waals surface area contributed by atoms with Gasteiger partial charge in [-0.15, -0.1) is 0 Å². The molecule has 1 fully saturated rings. The maximum Gasteiger partial charge on any atom is 0.250 e. The molecule has 2 aromatic rings. The van der Waals surface area contributed by atoms with Crippen LogP contribution in [0.1, 0.15) is 30.1 Å². The van der Waals surface area contributed by atoms with Crippen LogP contribution in [0, 0.1) is 6.92 Å². The standard InChI is InChI=1S/C17H23N5O2/c1-12-4-2-5-16(23)22(12)8-3-7-19-15-10-14(20-17(18)21-15)13-6-9-24-11-13/h2,4-5,10,13H,3,6-9,11H2,1H3,(H3,18,19,20,21)/t13-/m0/s1. The van der Waals surface area contributed by atoms with Crippen LogP contribution in [0.3, 0.4) is 0 Å². The van der Waals surface area contributed by atoms with Crippen molar-refractivity contribution in [1.82, 2.24) is 14.5 Å². The van der Waals surface area contributed by atoms with Gasteiger partial charge in [0.1, 0.15) is 5.82 Å². The van der Waals surface area contributed by atoms with Gasteiger partial charge in [-0.1, -0.05) is 6.07 Å². The van der Waals surface area contributed by atoms with Crippen molar-refractivity contribution in [3.63, 3.8) is 0 Å². The molecule has 3 N–H and O–H groups in total. The zero-order chi connectivity index (χ0) is 16.9. The van der Waals surface area contributed by atoms with Crippen molar-refractivity contribution >= 4 is 11.8 Å². The molecule has 0 aliphatic carbocycles. The van der Waals surface area contributed by atoms with Crippen molar-refractivity contribution in [3.8, 4) is 0 Å². The Hall–Kier alpha value is -2.41. The van der Waals surface area contributed by atoms with Gasteiger partial charge in [0.2, 0.25) is 5.95 Å². The molecule has 3 heterocycles. The van der Waals surface area contributed by atoms with Crippen LogP contribution in [0.2, 0.25) is 0 Å². The third-order valence-electron chi connectivity index (χ3n) is 4.24. The van der Waals surface area contributed by atoms with Gasteiger partial charge >= 0.3 is 0 Å². The normalized spacial score (nSPS) is 17.1. The molecule has 7 heteroatoms. The van der Waals surface area contributed by atoms with Crippen LogP contribution in [0.25, 0.3) is 0 Å². The van der Waals surface area contributed by atoms with Crippen LogP contribution < -0.4 is 16.6 Å². The highest BCUT2D eigenvalue weighted by Crippen LogP contribution is 2.25. The number of nitrogens with one attached hydrogen (secondary N) is 1. The van der Waals surface area contributed by atoms with Crippen molar-refractivity contribution in [2.24, 2.45) is 0 Å². The molecule has 0 aromatic carbocycles. The Bertz CT molecular complexity index is 753. The Balaban J connectivity index is 1.57. The second-order valence-electron chi connectivity index (χ2n) is 6.03. The topological polar surface area (TPSA) is 95.1 Å². The Kier molecular flexibility index (Phi) is 5.10. The summed E-state index contributed by atoms with van der Waals surface area (Å²) >= 11 is 0. The maximum atomic E-state index is 11.8. The first kappa shape index (κ1) is 16.4. The molecule has 0 amide bonds. The zero-order valence-corrected chi connectivity index (χ0v) is 13.9. The summed E-state index contributed by atoms with van der Waals surface area (Å²) in [6, 6.07) is 7.25. The second kappa shape index (κ2) is 7.44. The van der Waals surface area contributed by atoms with Crippen molar-refractivity contribution in [2.75, 3.05) is 30.8 Å². The molecule has 1 atom stereocenters. The third kappa shape index (κ3) is 3.91. The van der Waals surface area contributed by atoms with Gasteiger partial charge in [0.15, 0.2) is 0 Å². The van der Waals surface area contributed by atoms with Gasteiger partial charge < -0.3 is 20.4 Å². The van der Waals surface area contributed by atoms with Crippen molar-refractivity contribution < 1.29 is 4.74 Å². The molecule has 0 saturated carbocycles. The Morgan fingerprint density at radius 1 is 1.42 bits per heavy atom. The van der Waals surface area contributed by atoms with E-state index in [2.05, 4.69) is 15.3 Å². The molecular formula is C17H23N5O2. The molecule has 24 heavy (non-hydrogen) atoms. The van der Waals surface area contributed by atoms with E-state index in [9.17, 15) is 4.79 Å². The molecule has 0 spiro atoms. The lowest BCUT2D eigenvalue weighted by molar-refractivity contribution is 0.193. The van der Waals surface area contributed by atoms with E-state index in [1.165, 1.54) is 0 Å². The van der Waals surface area contributed by atoms with E-state index in [1.807, 2.05) is 19.1 Å². The van der Waals surface area contributed by atoms with E-state index in [1.54, 1.807) is 16.7 Å². The van der Waals surface area contributed by atoms with E-state index >= 15 is 0 Å². The van der Waals surface area contributed by atoms with Gasteiger partial charge in [0, 0.05) is 43.4 Å². The summed E-state index contributed by atoms with van der Waals surface area (Å²) in [6.07, 6.45) is 1.78. The minimum absolute atomic E-state index is 0.0322. The van der Waals surface area contributed by atoms with Gasteiger partial charge in [-0.3, -0.25) is 4.79 Å². The predicted octanol–water partition coefficient (Wildman–Crippen LogP) is 1.54. The summed E-state index contributed by atoms with van der Waals surface area (Å²) in [7, 11) is 0. The molecule has 7 nitrogen and oxygen atoms in total. The highest BCUT2D eigenvalue weighted by atomic mass is 16.5. The summed E-state index contributed by atoms with van der Waals surface area (Å²) in [4.78, 5) is 20.4. The average molecular weight is 329 g/mol. The highest BCUT2D eigenvalue weighted by Gasteiger charge is 2.20. The Morgan fingerprint density at radius 3 is 3.04 bits per heavy atom. The first-order valence-corrected chi connectivity index (χ1v) is 8.26. The minimum atomic E-state index is 0.0322. The highest BCUT2D eigenvalue weighted by molar-refractivity contribution is 5.41. The summed E-state index contributed by atoms with van der Waals surface area (Å²) in [5, 5.41) is 3.27. The number of nitrogens with zero attached hydrogens (tertiary/aromatic N) is 3. The Labute approximate surface area is 140 Å². The number of hydrogen-bond donors (Lipinski definition) is 2. The number of anilines is 2. The van der Waals surface area contributed by atoms with Crippen LogP contribution in [0.15, 0.2) is 29.1 Å². The molecule has 2 aromatic heterocycles. The second-order valence-corrected chi connectivity index (χ2v) is 6.03. The molecule has 1 saturated heterocycles. The number of hydrogen-bond acceptors (Lipinski definition) is 6. The molecular weight excluding hydrogens is 306 g/mol. The van der Waals surface area contributed by atoms with Gasteiger partial charge in [0.05, 0.1) is 12.3 Å². The predicted molar refractivity (Wildman–Crippen MR) is 93.2 cm³/mol. The molecule has 1 aliphatic rings. The summed E-state index contributed by atoms with van der Waals surface area (Å²) in [5.41, 5.74) is 7.74. The number of nitrogen functional groups attached to an aromatic ring is 1. The number of nitrogens with two attached hydrogens (primary N) is 1. The quantitative estimate of drug-likeness (QED) is 0.781. The number of rotatable bonds is 6. The maximum absolute atomic E-state index is 11.8. The lowest BCUT2D eigenvalue weighted by Crippen LogP contribution is -2.22. The molecule has 128 valence electrons. The zero-order valence-electron chi connectivity index (χ0n) is 13.9. The SMILES string of the molecule is Cc1cccc(=O)n1CCCNc1cc([C@H]2CCOC2)nc(N)n1. The number of pyridine rings is 1. The van der Waals surface area contributed by atoms with Gasteiger partial charge in [0.25, 0.3) is 5.56 Å². The fourth-order valence-corrected chi connectivity index (χ4v) is 2.92. The van der Waals surface area contributed by atoms with Crippen LogP contribution in [-0.4, -0.2) is 34.3 Å². The average Bonchev–Trinajstić information content (AvgIpc) is 3.08. The van der Waals surface area contributed by atoms with Crippen LogP contribution >= 0.6 is 0 Å². The van der Waals surface area contributed by atoms with E-state index in [4.69, 9.17) is 10.5 Å². The fourth-order valence-electron chi connectivity index (χ4n) is 2.92. The fraction of sp³-hybridized carbons (Fsp3) is 0.471. The number of aromatic nitrogens is 3. The summed E-state index contributed by atoms with van der Waals surface area (Å²) in [6.45, 7) is 4.77. The lowest BCUT2D eigenvalue weighted by Gasteiger charge is -2.12. The van der Waals surface area contributed by atoms with Gasteiger partial charge in [-0.2, -0.15) is 4.98 Å². The molecule has 3 rings (SSSR count). The van der Waals surface area contributed by atoms with Crippen LogP contribution in [-0.2, 0) is 11.3 Å². The van der Waals surface area contributed by atoms with E-state index in [-0.39, 0.29) is 11.5 Å². The lowest BCUT2D eigenvalue weighted by atomic mass is 10.0. The third-order valence-corrected chi connectivity index (χ3v) is 4.24. The van der Waals surface area contributed by atoms with Crippen LogP contribution in [0.5, 0.6) is 0 Å². The number of ether oxygens (including phenoxy) is 1. The van der Waals surface area contributed by atoms with Gasteiger partial charge in [-0.25, -0.2) is 4.98 Å². The van der Waals surface area contributed by atoms with Crippen molar-refractivity contribution in [2.45, 2.75) is 32.2 Å². The van der Waals surface area contributed by atoms with Crippen molar-refractivity contribution in [1.29, 1.82) is 0 Å². The molecule has 0 radical (unpaired) electrons. The number of aryl methyl sites for hydroxylation is 1.